The van der Waals surface area contributed by atoms with Crippen LogP contribution in [0.4, 0.5) is 0 Å². The van der Waals surface area contributed by atoms with Gasteiger partial charge in [0.05, 0.1) is 0 Å². The second-order valence-electron chi connectivity index (χ2n) is 1.26. The first-order valence-electron chi connectivity index (χ1n) is 2.21. The zero-order valence-electron chi connectivity index (χ0n) is 4.27. The Morgan fingerprint density at radius 1 is 1.86 bits per heavy atom. The van der Waals surface area contributed by atoms with E-state index in [1.54, 1.807) is 0 Å². The highest BCUT2D eigenvalue weighted by Crippen LogP contribution is 1.87. The maximum atomic E-state index is 10.1. The van der Waals surface area contributed by atoms with Crippen molar-refractivity contribution in [3.63, 3.8) is 0 Å². The molecular formula is C4H8N2O. The molecule has 3 nitrogen and oxygen atoms in total. The van der Waals surface area contributed by atoms with E-state index in [4.69, 9.17) is 5.53 Å². The summed E-state index contributed by atoms with van der Waals surface area (Å²) in [4.78, 5) is 10.1. The van der Waals surface area contributed by atoms with Crippen LogP contribution in [0, 0.1) is 5.53 Å². The largest absolute Gasteiger partial charge is 0.271 e. The van der Waals surface area contributed by atoms with E-state index in [0.717, 1.165) is 6.42 Å². The van der Waals surface area contributed by atoms with Crippen LogP contribution in [0.3, 0.4) is 0 Å². The van der Waals surface area contributed by atoms with Crippen molar-refractivity contribution in [1.29, 1.82) is 5.53 Å². The summed E-state index contributed by atoms with van der Waals surface area (Å²) < 4.78 is 0. The molecule has 3 heteroatoms. The third-order valence-electron chi connectivity index (χ3n) is 0.589. The average molecular weight is 100 g/mol. The Morgan fingerprint density at radius 2 is 2.43 bits per heavy atom. The third kappa shape index (κ3) is 3.09. The number of hydrogen-bond donors (Lipinski definition) is 1. The van der Waals surface area contributed by atoms with Crippen molar-refractivity contribution in [3.05, 3.63) is 0 Å². The van der Waals surface area contributed by atoms with Crippen molar-refractivity contribution < 1.29 is 4.79 Å². The van der Waals surface area contributed by atoms with Crippen LogP contribution < -0.4 is 0 Å². The van der Waals surface area contributed by atoms with E-state index >= 15 is 0 Å². The van der Waals surface area contributed by atoms with Gasteiger partial charge in [-0.3, -0.25) is 4.79 Å². The minimum atomic E-state index is -0.331. The first-order valence-corrected chi connectivity index (χ1v) is 2.21. The molecule has 0 bridgehead atoms. The summed E-state index contributed by atoms with van der Waals surface area (Å²) in [5.74, 6) is -0.331. The summed E-state index contributed by atoms with van der Waals surface area (Å²) in [6, 6.07) is 0. The van der Waals surface area contributed by atoms with Gasteiger partial charge >= 0.3 is 0 Å². The zero-order valence-corrected chi connectivity index (χ0v) is 4.27. The Labute approximate surface area is 42.2 Å². The van der Waals surface area contributed by atoms with Crippen molar-refractivity contribution >= 4 is 5.91 Å². The lowest BCUT2D eigenvalue weighted by atomic mass is 10.3. The number of amides is 1. The first-order chi connectivity index (χ1) is 3.31. The van der Waals surface area contributed by atoms with Gasteiger partial charge in [0.1, 0.15) is 0 Å². The summed E-state index contributed by atoms with van der Waals surface area (Å²) in [6.07, 6.45) is 1.19. The maximum Gasteiger partial charge on any atom is 0.264 e. The van der Waals surface area contributed by atoms with E-state index in [1.165, 1.54) is 0 Å². The summed E-state index contributed by atoms with van der Waals surface area (Å²) in [6.45, 7) is 1.88. The molecule has 0 aliphatic heterocycles. The van der Waals surface area contributed by atoms with Crippen molar-refractivity contribution in [2.45, 2.75) is 19.8 Å². The fourth-order valence-corrected chi connectivity index (χ4v) is 0.270. The number of nitrogens with zero attached hydrogens (tertiary/aromatic N) is 1. The second-order valence-corrected chi connectivity index (χ2v) is 1.26. The highest BCUT2D eigenvalue weighted by atomic mass is 16.1. The molecule has 1 N–H and O–H groups in total. The Morgan fingerprint density at radius 3 is 2.57 bits per heavy atom. The molecular weight excluding hydrogens is 92.1 g/mol. The van der Waals surface area contributed by atoms with E-state index < -0.39 is 0 Å². The summed E-state index contributed by atoms with van der Waals surface area (Å²) in [5, 5.41) is 2.69. The molecule has 0 heterocycles. The molecule has 0 atom stereocenters. The average Bonchev–Trinajstić information content (AvgIpc) is 1.68. The maximum absolute atomic E-state index is 10.1. The van der Waals surface area contributed by atoms with E-state index in [1.807, 2.05) is 6.92 Å². The monoisotopic (exact) mass is 100 g/mol. The molecule has 0 unspecified atom stereocenters. The lowest BCUT2D eigenvalue weighted by molar-refractivity contribution is -0.118. The number of rotatable bonds is 2. The molecule has 1 amide bonds. The van der Waals surface area contributed by atoms with Gasteiger partial charge in [-0.15, -0.1) is 5.11 Å². The second kappa shape index (κ2) is 3.46. The minimum Gasteiger partial charge on any atom is -0.271 e. The molecule has 0 aliphatic carbocycles. The smallest absolute Gasteiger partial charge is 0.264 e. The molecule has 0 radical (unpaired) electrons. The highest BCUT2D eigenvalue weighted by Gasteiger charge is 1.91. The summed E-state index contributed by atoms with van der Waals surface area (Å²) in [5.41, 5.74) is 6.19. The Kier molecular flexibility index (Phi) is 3.10. The predicted molar refractivity (Wildman–Crippen MR) is 25.1 cm³/mol. The van der Waals surface area contributed by atoms with Crippen molar-refractivity contribution in [2.24, 2.45) is 5.11 Å². The Balaban J connectivity index is 3.17. The number of carbonyl (C=O) groups is 1. The molecule has 0 fully saturated rings. The highest BCUT2D eigenvalue weighted by molar-refractivity contribution is 5.75. The van der Waals surface area contributed by atoms with Gasteiger partial charge in [-0.1, -0.05) is 6.92 Å². The first kappa shape index (κ1) is 6.27. The number of hydrogen-bond acceptors (Lipinski definition) is 2. The molecule has 0 aromatic rings. The molecule has 40 valence electrons. The lowest BCUT2D eigenvalue weighted by Gasteiger charge is -1.80. The van der Waals surface area contributed by atoms with Crippen molar-refractivity contribution in [3.8, 4) is 0 Å². The van der Waals surface area contributed by atoms with Crippen LogP contribution in [-0.4, -0.2) is 5.91 Å². The van der Waals surface area contributed by atoms with Crippen LogP contribution in [0.5, 0.6) is 0 Å². The van der Waals surface area contributed by atoms with Crippen LogP contribution in [-0.2, 0) is 4.79 Å². The minimum absolute atomic E-state index is 0.331. The molecule has 0 aromatic carbocycles. The van der Waals surface area contributed by atoms with Crippen LogP contribution in [0.15, 0.2) is 5.11 Å². The van der Waals surface area contributed by atoms with Gasteiger partial charge in [0.2, 0.25) is 0 Å². The fourth-order valence-electron chi connectivity index (χ4n) is 0.270. The molecule has 0 spiro atoms. The van der Waals surface area contributed by atoms with Gasteiger partial charge in [0.25, 0.3) is 5.91 Å². The van der Waals surface area contributed by atoms with Crippen LogP contribution >= 0.6 is 0 Å². The van der Waals surface area contributed by atoms with Crippen molar-refractivity contribution in [1.82, 2.24) is 0 Å². The Hall–Kier alpha value is -0.730. The normalized spacial score (nSPS) is 8.14. The van der Waals surface area contributed by atoms with Gasteiger partial charge in [-0.05, 0) is 6.42 Å². The van der Waals surface area contributed by atoms with Gasteiger partial charge in [0.15, 0.2) is 0 Å². The van der Waals surface area contributed by atoms with Crippen LogP contribution in [0.2, 0.25) is 0 Å². The van der Waals surface area contributed by atoms with Gasteiger partial charge in [-0.2, -0.15) is 0 Å². The standard InChI is InChI=1S/C4H8N2O/c1-2-3-4(7)6-5/h5H,2-3H2,1H3. The van der Waals surface area contributed by atoms with Crippen molar-refractivity contribution in [2.75, 3.05) is 0 Å². The van der Waals surface area contributed by atoms with Gasteiger partial charge in [-0.25, -0.2) is 5.53 Å². The molecule has 0 aliphatic rings. The zero-order chi connectivity index (χ0) is 5.70. The Bertz CT molecular complexity index is 79.8. The van der Waals surface area contributed by atoms with E-state index in [2.05, 4.69) is 5.11 Å². The van der Waals surface area contributed by atoms with E-state index in [0.29, 0.717) is 6.42 Å². The fraction of sp³-hybridized carbons (Fsp3) is 0.750. The van der Waals surface area contributed by atoms with Crippen LogP contribution in [0.25, 0.3) is 0 Å². The summed E-state index contributed by atoms with van der Waals surface area (Å²) in [7, 11) is 0. The lowest BCUT2D eigenvalue weighted by Crippen LogP contribution is -1.87. The van der Waals surface area contributed by atoms with Crippen LogP contribution in [0.1, 0.15) is 19.8 Å². The topological polar surface area (TPSA) is 53.3 Å². The molecule has 7 heavy (non-hydrogen) atoms. The van der Waals surface area contributed by atoms with E-state index in [-0.39, 0.29) is 5.91 Å². The molecule has 0 saturated heterocycles. The molecule has 0 rings (SSSR count). The predicted octanol–water partition coefficient (Wildman–Crippen LogP) is 1.34. The summed E-state index contributed by atoms with van der Waals surface area (Å²) >= 11 is 0. The number of carbonyl (C=O) groups excluding carboxylic acids is 1. The van der Waals surface area contributed by atoms with Gasteiger partial charge < -0.3 is 0 Å². The third-order valence-corrected chi connectivity index (χ3v) is 0.589. The quantitative estimate of drug-likeness (QED) is 0.523. The molecule has 0 saturated carbocycles. The van der Waals surface area contributed by atoms with Gasteiger partial charge in [0, 0.05) is 6.42 Å². The SMILES string of the molecule is CCCC(=O)N=N. The molecule has 0 aromatic heterocycles. The van der Waals surface area contributed by atoms with E-state index in [9.17, 15) is 4.79 Å². The number of nitrogens with one attached hydrogen (secondary N) is 1.